The van der Waals surface area contributed by atoms with Crippen molar-refractivity contribution in [1.82, 2.24) is 5.43 Å². The average molecular weight is 201 g/mol. The van der Waals surface area contributed by atoms with Crippen LogP contribution in [0.5, 0.6) is 0 Å². The lowest BCUT2D eigenvalue weighted by molar-refractivity contribution is 0.620. The highest BCUT2D eigenvalue weighted by molar-refractivity contribution is 6.30. The third-order valence-electron chi connectivity index (χ3n) is 1.63. The molecule has 0 unspecified atom stereocenters. The van der Waals surface area contributed by atoms with Crippen LogP contribution >= 0.6 is 11.6 Å². The Hall–Kier alpha value is -1.36. The molecule has 13 heavy (non-hydrogen) atoms. The van der Waals surface area contributed by atoms with Crippen LogP contribution < -0.4 is 10.4 Å². The molecule has 1 aliphatic rings. The maximum Gasteiger partial charge on any atom is 0.150 e. The highest BCUT2D eigenvalue weighted by Crippen LogP contribution is 2.23. The van der Waals surface area contributed by atoms with Crippen molar-refractivity contribution >= 4 is 17.3 Å². The molecule has 0 radical (unpaired) electrons. The minimum atomic E-state index is -0.407. The quantitative estimate of drug-likeness (QED) is 0.755. The molecule has 6 heteroatoms. The van der Waals surface area contributed by atoms with E-state index in [-0.39, 0.29) is 0 Å². The number of nitrogens with one attached hydrogen (secondary N) is 1. The SMILES string of the molecule is Fc1cc(Cl)ccc1N1CNN=N1. The summed E-state index contributed by atoms with van der Waals surface area (Å²) in [4.78, 5) is 0. The van der Waals surface area contributed by atoms with Crippen molar-refractivity contribution in [1.29, 1.82) is 0 Å². The lowest BCUT2D eigenvalue weighted by atomic mass is 10.3. The predicted octanol–water partition coefficient (Wildman–Crippen LogP) is 2.13. The number of benzene rings is 1. The van der Waals surface area contributed by atoms with Gasteiger partial charge >= 0.3 is 0 Å². The van der Waals surface area contributed by atoms with Gasteiger partial charge in [0.15, 0.2) is 0 Å². The van der Waals surface area contributed by atoms with Crippen molar-refractivity contribution in [3.63, 3.8) is 0 Å². The van der Waals surface area contributed by atoms with Crippen LogP contribution in [0.3, 0.4) is 0 Å². The maximum absolute atomic E-state index is 13.2. The van der Waals surface area contributed by atoms with E-state index < -0.39 is 5.82 Å². The Balaban J connectivity index is 2.34. The summed E-state index contributed by atoms with van der Waals surface area (Å²) in [7, 11) is 0. The molecule has 1 aromatic carbocycles. The standard InChI is InChI=1S/C7H6ClFN4/c8-5-1-2-7(6(9)3-5)13-4-10-11-12-13/h1-3H,4H2,(H,10,12). The molecule has 0 bridgehead atoms. The average Bonchev–Trinajstić information content (AvgIpc) is 2.56. The van der Waals surface area contributed by atoms with Gasteiger partial charge in [0.2, 0.25) is 0 Å². The zero-order chi connectivity index (χ0) is 9.26. The summed E-state index contributed by atoms with van der Waals surface area (Å²) in [6.07, 6.45) is 0. The summed E-state index contributed by atoms with van der Waals surface area (Å²) in [6.45, 7) is 0.374. The number of hydrogen-bond donors (Lipinski definition) is 1. The van der Waals surface area contributed by atoms with Crippen LogP contribution in [-0.2, 0) is 0 Å². The van der Waals surface area contributed by atoms with Gasteiger partial charge < -0.3 is 0 Å². The van der Waals surface area contributed by atoms with Crippen LogP contribution in [0.25, 0.3) is 0 Å². The van der Waals surface area contributed by atoms with Gasteiger partial charge in [0.1, 0.15) is 12.5 Å². The molecule has 0 spiro atoms. The lowest BCUT2D eigenvalue weighted by Crippen LogP contribution is -2.20. The molecule has 0 saturated carbocycles. The summed E-state index contributed by atoms with van der Waals surface area (Å²) in [5, 5.41) is 8.94. The highest BCUT2D eigenvalue weighted by Gasteiger charge is 2.13. The molecular weight excluding hydrogens is 195 g/mol. The molecule has 4 nitrogen and oxygen atoms in total. The first-order valence-corrected chi connectivity index (χ1v) is 4.01. The van der Waals surface area contributed by atoms with Crippen molar-refractivity contribution < 1.29 is 4.39 Å². The molecule has 1 N–H and O–H groups in total. The summed E-state index contributed by atoms with van der Waals surface area (Å²) in [5.41, 5.74) is 2.96. The van der Waals surface area contributed by atoms with E-state index in [4.69, 9.17) is 11.6 Å². The monoisotopic (exact) mass is 200 g/mol. The van der Waals surface area contributed by atoms with Crippen molar-refractivity contribution in [2.75, 3.05) is 11.7 Å². The van der Waals surface area contributed by atoms with Gasteiger partial charge in [-0.25, -0.2) is 9.40 Å². The van der Waals surface area contributed by atoms with Gasteiger partial charge in [-0.2, -0.15) is 0 Å². The Bertz CT molecular complexity index is 354. The van der Waals surface area contributed by atoms with Crippen molar-refractivity contribution in [2.24, 2.45) is 10.4 Å². The van der Waals surface area contributed by atoms with E-state index in [1.54, 1.807) is 12.1 Å². The van der Waals surface area contributed by atoms with E-state index in [2.05, 4.69) is 15.9 Å². The van der Waals surface area contributed by atoms with Gasteiger partial charge in [-0.3, -0.25) is 5.43 Å². The van der Waals surface area contributed by atoms with Gasteiger partial charge in [0, 0.05) is 5.02 Å². The fourth-order valence-electron chi connectivity index (χ4n) is 1.04. The van der Waals surface area contributed by atoms with E-state index in [0.29, 0.717) is 17.4 Å². The summed E-state index contributed by atoms with van der Waals surface area (Å²) < 4.78 is 13.2. The summed E-state index contributed by atoms with van der Waals surface area (Å²) in [6, 6.07) is 4.40. The molecular formula is C7H6ClFN4. The van der Waals surface area contributed by atoms with Crippen LogP contribution in [0.2, 0.25) is 5.02 Å². The van der Waals surface area contributed by atoms with Crippen molar-refractivity contribution in [3.8, 4) is 0 Å². The maximum atomic E-state index is 13.2. The third kappa shape index (κ3) is 1.55. The molecule has 0 aliphatic carbocycles. The molecule has 0 fully saturated rings. The smallest absolute Gasteiger partial charge is 0.150 e. The second kappa shape index (κ2) is 3.18. The number of anilines is 1. The van der Waals surface area contributed by atoms with Crippen LogP contribution in [0.1, 0.15) is 0 Å². The zero-order valence-corrected chi connectivity index (χ0v) is 7.29. The van der Waals surface area contributed by atoms with E-state index in [1.807, 2.05) is 0 Å². The Morgan fingerprint density at radius 3 is 3.00 bits per heavy atom. The normalized spacial score (nSPS) is 14.8. The topological polar surface area (TPSA) is 40.0 Å². The first kappa shape index (κ1) is 8.25. The third-order valence-corrected chi connectivity index (χ3v) is 1.87. The zero-order valence-electron chi connectivity index (χ0n) is 6.54. The Labute approximate surface area is 79.0 Å². The van der Waals surface area contributed by atoms with Gasteiger partial charge in [0.25, 0.3) is 0 Å². The number of rotatable bonds is 1. The first-order valence-electron chi connectivity index (χ1n) is 3.63. The second-order valence-electron chi connectivity index (χ2n) is 2.50. The molecule has 2 rings (SSSR count). The van der Waals surface area contributed by atoms with Crippen molar-refractivity contribution in [2.45, 2.75) is 0 Å². The summed E-state index contributed by atoms with van der Waals surface area (Å²) in [5.74, 6) is -0.407. The number of hydrogen-bond acceptors (Lipinski definition) is 4. The van der Waals surface area contributed by atoms with Gasteiger partial charge in [-0.05, 0) is 23.4 Å². The molecule has 1 aliphatic heterocycles. The van der Waals surface area contributed by atoms with E-state index >= 15 is 0 Å². The lowest BCUT2D eigenvalue weighted by Gasteiger charge is -2.11. The molecule has 1 aromatic rings. The minimum Gasteiger partial charge on any atom is -0.269 e. The van der Waals surface area contributed by atoms with Crippen LogP contribution in [0.4, 0.5) is 10.1 Å². The van der Waals surface area contributed by atoms with Crippen molar-refractivity contribution in [3.05, 3.63) is 29.0 Å². The molecule has 0 aromatic heterocycles. The number of halogens is 2. The molecule has 0 atom stereocenters. The number of nitrogens with zero attached hydrogens (tertiary/aromatic N) is 3. The Kier molecular flexibility index (Phi) is 2.02. The van der Waals surface area contributed by atoms with E-state index in [1.165, 1.54) is 11.1 Å². The Morgan fingerprint density at radius 2 is 2.38 bits per heavy atom. The van der Waals surface area contributed by atoms with Gasteiger partial charge in [0.05, 0.1) is 5.69 Å². The molecule has 0 saturated heterocycles. The summed E-state index contributed by atoms with van der Waals surface area (Å²) >= 11 is 5.60. The highest BCUT2D eigenvalue weighted by atomic mass is 35.5. The fourth-order valence-corrected chi connectivity index (χ4v) is 1.20. The molecule has 0 amide bonds. The minimum absolute atomic E-state index is 0.359. The second-order valence-corrected chi connectivity index (χ2v) is 2.94. The predicted molar refractivity (Wildman–Crippen MR) is 46.7 cm³/mol. The Morgan fingerprint density at radius 1 is 1.54 bits per heavy atom. The molecule has 1 heterocycles. The van der Waals surface area contributed by atoms with E-state index in [0.717, 1.165) is 0 Å². The van der Waals surface area contributed by atoms with Crippen LogP contribution in [-0.4, -0.2) is 6.67 Å². The van der Waals surface area contributed by atoms with E-state index in [9.17, 15) is 4.39 Å². The van der Waals surface area contributed by atoms with Crippen LogP contribution in [0, 0.1) is 5.82 Å². The van der Waals surface area contributed by atoms with Gasteiger partial charge in [-0.1, -0.05) is 16.8 Å². The van der Waals surface area contributed by atoms with Gasteiger partial charge in [-0.15, -0.1) is 0 Å². The first-order chi connectivity index (χ1) is 6.27. The largest absolute Gasteiger partial charge is 0.269 e. The fraction of sp³-hybridized carbons (Fsp3) is 0.143. The van der Waals surface area contributed by atoms with Crippen LogP contribution in [0.15, 0.2) is 28.6 Å². The molecule has 68 valence electrons.